The third-order valence-corrected chi connectivity index (χ3v) is 3.09. The summed E-state index contributed by atoms with van der Waals surface area (Å²) in [5, 5.41) is 3.29. The Kier molecular flexibility index (Phi) is 3.88. The Morgan fingerprint density at radius 3 is 2.71 bits per heavy atom. The van der Waals surface area contributed by atoms with Crippen molar-refractivity contribution in [2.24, 2.45) is 0 Å². The van der Waals surface area contributed by atoms with Crippen molar-refractivity contribution in [2.75, 3.05) is 33.1 Å². The monoisotopic (exact) mass is 222 g/mol. The second-order valence-corrected chi connectivity index (χ2v) is 5.67. The zero-order valence-electron chi connectivity index (χ0n) is 8.67. The summed E-state index contributed by atoms with van der Waals surface area (Å²) in [6.45, 7) is 1.87. The first-order valence-electron chi connectivity index (χ1n) is 4.66. The molecule has 5 nitrogen and oxygen atoms in total. The van der Waals surface area contributed by atoms with E-state index in [1.54, 1.807) is 7.11 Å². The number of ether oxygens (including phenoxy) is 1. The molecule has 0 aromatic rings. The van der Waals surface area contributed by atoms with Gasteiger partial charge in [-0.15, -0.1) is 0 Å². The Labute approximate surface area is 85.3 Å². The highest BCUT2D eigenvalue weighted by atomic mass is 32.2. The van der Waals surface area contributed by atoms with E-state index >= 15 is 0 Å². The molecule has 0 aliphatic carbocycles. The van der Waals surface area contributed by atoms with Crippen molar-refractivity contribution >= 4 is 10.0 Å². The van der Waals surface area contributed by atoms with Crippen LogP contribution in [0.15, 0.2) is 0 Å². The number of methoxy groups -OCH3 is 1. The molecule has 1 rings (SSSR count). The summed E-state index contributed by atoms with van der Waals surface area (Å²) in [6, 6.07) is 0. The lowest BCUT2D eigenvalue weighted by Gasteiger charge is -2.28. The van der Waals surface area contributed by atoms with E-state index in [2.05, 4.69) is 10.0 Å². The van der Waals surface area contributed by atoms with Gasteiger partial charge in [0.1, 0.15) is 0 Å². The fraction of sp³-hybridized carbons (Fsp3) is 1.00. The van der Waals surface area contributed by atoms with E-state index in [0.29, 0.717) is 13.2 Å². The van der Waals surface area contributed by atoms with Gasteiger partial charge in [0.15, 0.2) is 0 Å². The van der Waals surface area contributed by atoms with Gasteiger partial charge in [0.25, 0.3) is 0 Å². The van der Waals surface area contributed by atoms with Gasteiger partial charge >= 0.3 is 0 Å². The lowest BCUT2D eigenvalue weighted by atomic mass is 9.99. The average Bonchev–Trinajstić information content (AvgIpc) is 2.50. The zero-order valence-corrected chi connectivity index (χ0v) is 9.49. The molecule has 1 aliphatic heterocycles. The molecule has 1 unspecified atom stereocenters. The minimum atomic E-state index is -3.11. The van der Waals surface area contributed by atoms with E-state index < -0.39 is 10.0 Å². The van der Waals surface area contributed by atoms with Gasteiger partial charge in [0, 0.05) is 13.7 Å². The number of rotatable bonds is 5. The van der Waals surface area contributed by atoms with Crippen LogP contribution in [-0.2, 0) is 14.8 Å². The van der Waals surface area contributed by atoms with Gasteiger partial charge in [-0.1, -0.05) is 0 Å². The summed E-state index contributed by atoms with van der Waals surface area (Å²) in [5.41, 5.74) is -0.210. The van der Waals surface area contributed by atoms with Crippen LogP contribution in [0.5, 0.6) is 0 Å². The zero-order chi connectivity index (χ0) is 10.7. The first-order valence-corrected chi connectivity index (χ1v) is 6.55. The van der Waals surface area contributed by atoms with E-state index in [1.165, 1.54) is 6.26 Å². The molecule has 1 atom stereocenters. The summed E-state index contributed by atoms with van der Waals surface area (Å²) >= 11 is 0. The lowest BCUT2D eigenvalue weighted by Crippen LogP contribution is -2.52. The van der Waals surface area contributed by atoms with Gasteiger partial charge in [-0.05, 0) is 19.4 Å². The van der Waals surface area contributed by atoms with Crippen molar-refractivity contribution in [3.8, 4) is 0 Å². The van der Waals surface area contributed by atoms with Gasteiger partial charge in [0.2, 0.25) is 10.0 Å². The maximum atomic E-state index is 11.0. The first-order chi connectivity index (χ1) is 6.47. The second kappa shape index (κ2) is 4.57. The highest BCUT2D eigenvalue weighted by molar-refractivity contribution is 7.88. The van der Waals surface area contributed by atoms with Gasteiger partial charge in [0.05, 0.1) is 18.4 Å². The molecular weight excluding hydrogens is 204 g/mol. The molecule has 1 aliphatic rings. The fourth-order valence-corrected chi connectivity index (χ4v) is 2.28. The van der Waals surface area contributed by atoms with E-state index in [-0.39, 0.29) is 5.54 Å². The minimum Gasteiger partial charge on any atom is -0.383 e. The van der Waals surface area contributed by atoms with Crippen molar-refractivity contribution in [2.45, 2.75) is 18.4 Å². The third kappa shape index (κ3) is 3.53. The highest BCUT2D eigenvalue weighted by Crippen LogP contribution is 2.18. The third-order valence-electron chi connectivity index (χ3n) is 2.43. The topological polar surface area (TPSA) is 67.4 Å². The highest BCUT2D eigenvalue weighted by Gasteiger charge is 2.33. The standard InChI is InChI=1S/C8H18N2O3S/c1-13-7-8(4-3-5-9-8)6-10-14(2,11)12/h9-10H,3-7H2,1-2H3. The summed E-state index contributed by atoms with van der Waals surface area (Å²) < 4.78 is 29.5. The van der Waals surface area contributed by atoms with E-state index in [4.69, 9.17) is 4.74 Å². The van der Waals surface area contributed by atoms with Crippen LogP contribution in [0.1, 0.15) is 12.8 Å². The Morgan fingerprint density at radius 1 is 1.57 bits per heavy atom. The maximum Gasteiger partial charge on any atom is 0.208 e. The van der Waals surface area contributed by atoms with E-state index in [0.717, 1.165) is 19.4 Å². The average molecular weight is 222 g/mol. The number of sulfonamides is 1. The van der Waals surface area contributed by atoms with Crippen LogP contribution in [0.2, 0.25) is 0 Å². The van der Waals surface area contributed by atoms with E-state index in [9.17, 15) is 8.42 Å². The summed E-state index contributed by atoms with van der Waals surface area (Å²) in [7, 11) is -1.49. The van der Waals surface area contributed by atoms with Gasteiger partial charge in [-0.2, -0.15) is 0 Å². The molecule has 0 saturated carbocycles. The molecule has 2 N–H and O–H groups in total. The Bertz CT molecular complexity index is 270. The maximum absolute atomic E-state index is 11.0. The molecule has 0 radical (unpaired) electrons. The van der Waals surface area contributed by atoms with Crippen LogP contribution in [0, 0.1) is 0 Å². The van der Waals surface area contributed by atoms with Crippen LogP contribution in [0.4, 0.5) is 0 Å². The van der Waals surface area contributed by atoms with Crippen LogP contribution >= 0.6 is 0 Å². The van der Waals surface area contributed by atoms with Gasteiger partial charge < -0.3 is 10.1 Å². The SMILES string of the molecule is COCC1(CNS(C)(=O)=O)CCCN1. The normalized spacial score (nSPS) is 28.1. The van der Waals surface area contributed by atoms with Crippen molar-refractivity contribution < 1.29 is 13.2 Å². The van der Waals surface area contributed by atoms with Crippen LogP contribution < -0.4 is 10.0 Å². The molecule has 1 heterocycles. The lowest BCUT2D eigenvalue weighted by molar-refractivity contribution is 0.122. The van der Waals surface area contributed by atoms with Crippen molar-refractivity contribution in [3.63, 3.8) is 0 Å². The van der Waals surface area contributed by atoms with Crippen LogP contribution in [0.3, 0.4) is 0 Å². The van der Waals surface area contributed by atoms with Crippen molar-refractivity contribution in [1.82, 2.24) is 10.0 Å². The molecule has 0 aromatic carbocycles. The predicted octanol–water partition coefficient (Wildman–Crippen LogP) is -0.696. The molecule has 0 aromatic heterocycles. The van der Waals surface area contributed by atoms with Gasteiger partial charge in [-0.25, -0.2) is 13.1 Å². The fourth-order valence-electron chi connectivity index (χ4n) is 1.74. The van der Waals surface area contributed by atoms with Crippen LogP contribution in [0.25, 0.3) is 0 Å². The second-order valence-electron chi connectivity index (χ2n) is 3.84. The Morgan fingerprint density at radius 2 is 2.29 bits per heavy atom. The van der Waals surface area contributed by atoms with Gasteiger partial charge in [-0.3, -0.25) is 0 Å². The molecule has 84 valence electrons. The molecule has 0 spiro atoms. The Balaban J connectivity index is 2.52. The first kappa shape index (κ1) is 11.9. The van der Waals surface area contributed by atoms with Crippen LogP contribution in [-0.4, -0.2) is 47.0 Å². The van der Waals surface area contributed by atoms with Crippen molar-refractivity contribution in [3.05, 3.63) is 0 Å². The van der Waals surface area contributed by atoms with Crippen molar-refractivity contribution in [1.29, 1.82) is 0 Å². The molecule has 0 bridgehead atoms. The molecular formula is C8H18N2O3S. The Hall–Kier alpha value is -0.170. The van der Waals surface area contributed by atoms with E-state index in [1.807, 2.05) is 0 Å². The minimum absolute atomic E-state index is 0.210. The summed E-state index contributed by atoms with van der Waals surface area (Å²) in [5.74, 6) is 0. The molecule has 14 heavy (non-hydrogen) atoms. The summed E-state index contributed by atoms with van der Waals surface area (Å²) in [6.07, 6.45) is 3.18. The number of hydrogen-bond donors (Lipinski definition) is 2. The largest absolute Gasteiger partial charge is 0.383 e. The molecule has 6 heteroatoms. The number of nitrogens with one attached hydrogen (secondary N) is 2. The molecule has 1 fully saturated rings. The smallest absolute Gasteiger partial charge is 0.208 e. The predicted molar refractivity (Wildman–Crippen MR) is 54.7 cm³/mol. The number of hydrogen-bond acceptors (Lipinski definition) is 4. The quantitative estimate of drug-likeness (QED) is 0.646. The summed E-state index contributed by atoms with van der Waals surface area (Å²) in [4.78, 5) is 0. The molecule has 1 saturated heterocycles. The molecule has 0 amide bonds.